The van der Waals surface area contributed by atoms with Crippen LogP contribution in [0.2, 0.25) is 0 Å². The molecule has 23 heavy (non-hydrogen) atoms. The van der Waals surface area contributed by atoms with Gasteiger partial charge in [0.15, 0.2) is 0 Å². The van der Waals surface area contributed by atoms with E-state index in [0.717, 1.165) is 35.6 Å². The van der Waals surface area contributed by atoms with Gasteiger partial charge in [0.2, 0.25) is 5.91 Å². The molecule has 0 bridgehead atoms. The zero-order chi connectivity index (χ0) is 16.2. The first kappa shape index (κ1) is 15.5. The van der Waals surface area contributed by atoms with Crippen LogP contribution < -0.4 is 5.32 Å². The van der Waals surface area contributed by atoms with Gasteiger partial charge in [-0.05, 0) is 35.6 Å². The van der Waals surface area contributed by atoms with Crippen molar-refractivity contribution < 1.29 is 14.7 Å². The van der Waals surface area contributed by atoms with Gasteiger partial charge in [-0.1, -0.05) is 48.9 Å². The molecule has 0 spiro atoms. The van der Waals surface area contributed by atoms with Crippen LogP contribution >= 0.6 is 0 Å². The molecule has 0 aliphatic heterocycles. The van der Waals surface area contributed by atoms with E-state index in [0.29, 0.717) is 6.42 Å². The molecule has 1 aliphatic rings. The van der Waals surface area contributed by atoms with E-state index < -0.39 is 11.9 Å². The fraction of sp³-hybridized carbons (Fsp3) is 0.368. The minimum Gasteiger partial charge on any atom is -0.481 e. The van der Waals surface area contributed by atoms with Gasteiger partial charge >= 0.3 is 5.97 Å². The van der Waals surface area contributed by atoms with Crippen LogP contribution in [0.3, 0.4) is 0 Å². The molecular formula is C19H21NO3. The fourth-order valence-electron chi connectivity index (χ4n) is 2.94. The average Bonchev–Trinajstić information content (AvgIpc) is 2.49. The topological polar surface area (TPSA) is 66.4 Å². The third-order valence-corrected chi connectivity index (χ3v) is 4.64. The van der Waals surface area contributed by atoms with Gasteiger partial charge in [-0.25, -0.2) is 0 Å². The average molecular weight is 311 g/mol. The van der Waals surface area contributed by atoms with Crippen LogP contribution in [0.25, 0.3) is 10.8 Å². The Balaban J connectivity index is 1.65. The second-order valence-electron chi connectivity index (χ2n) is 6.29. The number of carboxylic acids is 1. The van der Waals surface area contributed by atoms with Crippen molar-refractivity contribution in [3.05, 3.63) is 48.0 Å². The Morgan fingerprint density at radius 3 is 2.52 bits per heavy atom. The normalized spacial score (nSPS) is 15.8. The number of rotatable bonds is 6. The lowest BCUT2D eigenvalue weighted by Gasteiger charge is -2.25. The molecule has 1 amide bonds. The predicted octanol–water partition coefficient (Wildman–Crippen LogP) is 3.00. The molecule has 2 aromatic carbocycles. The van der Waals surface area contributed by atoms with Gasteiger partial charge in [-0.15, -0.1) is 0 Å². The zero-order valence-corrected chi connectivity index (χ0v) is 13.0. The van der Waals surface area contributed by atoms with E-state index in [1.807, 2.05) is 42.5 Å². The molecule has 0 heterocycles. The standard InChI is InChI=1S/C19H21NO3/c21-18(15-6-3-7-15)20-12-17(19(22)23)11-13-8-9-14-4-1-2-5-16(14)10-13/h1-2,4-5,8-10,15,17H,3,6-7,11-12H2,(H,20,21)(H,22,23)/t17-/m1/s1. The highest BCUT2D eigenvalue weighted by molar-refractivity contribution is 5.83. The van der Waals surface area contributed by atoms with Crippen molar-refractivity contribution in [3.63, 3.8) is 0 Å². The van der Waals surface area contributed by atoms with Crippen molar-refractivity contribution in [3.8, 4) is 0 Å². The Bertz CT molecular complexity index is 721. The van der Waals surface area contributed by atoms with Crippen LogP contribution in [0.1, 0.15) is 24.8 Å². The largest absolute Gasteiger partial charge is 0.481 e. The van der Waals surface area contributed by atoms with Crippen LogP contribution in [-0.4, -0.2) is 23.5 Å². The van der Waals surface area contributed by atoms with E-state index in [1.54, 1.807) is 0 Å². The lowest BCUT2D eigenvalue weighted by molar-refractivity contribution is -0.141. The number of carbonyl (C=O) groups excluding carboxylic acids is 1. The molecule has 1 saturated carbocycles. The third kappa shape index (κ3) is 3.70. The van der Waals surface area contributed by atoms with Gasteiger partial charge in [0.1, 0.15) is 0 Å². The molecule has 0 unspecified atom stereocenters. The monoisotopic (exact) mass is 311 g/mol. The summed E-state index contributed by atoms with van der Waals surface area (Å²) in [5.74, 6) is -1.38. The summed E-state index contributed by atoms with van der Waals surface area (Å²) >= 11 is 0. The lowest BCUT2D eigenvalue weighted by atomic mass is 9.84. The first-order chi connectivity index (χ1) is 11.1. The Kier molecular flexibility index (Phi) is 4.60. The van der Waals surface area contributed by atoms with Gasteiger partial charge in [0.25, 0.3) is 0 Å². The Hall–Kier alpha value is -2.36. The smallest absolute Gasteiger partial charge is 0.308 e. The number of amides is 1. The Morgan fingerprint density at radius 2 is 1.87 bits per heavy atom. The highest BCUT2D eigenvalue weighted by atomic mass is 16.4. The number of nitrogens with one attached hydrogen (secondary N) is 1. The highest BCUT2D eigenvalue weighted by Gasteiger charge is 2.26. The summed E-state index contributed by atoms with van der Waals surface area (Å²) in [6.07, 6.45) is 3.37. The first-order valence-electron chi connectivity index (χ1n) is 8.11. The number of hydrogen-bond acceptors (Lipinski definition) is 2. The summed E-state index contributed by atoms with van der Waals surface area (Å²) in [7, 11) is 0. The molecule has 0 saturated heterocycles. The van der Waals surface area contributed by atoms with Crippen molar-refractivity contribution in [2.45, 2.75) is 25.7 Å². The van der Waals surface area contributed by atoms with Crippen LogP contribution in [0.4, 0.5) is 0 Å². The van der Waals surface area contributed by atoms with Crippen LogP contribution in [0.15, 0.2) is 42.5 Å². The molecule has 1 fully saturated rings. The van der Waals surface area contributed by atoms with Crippen molar-refractivity contribution >= 4 is 22.6 Å². The number of aliphatic carboxylic acids is 1. The summed E-state index contributed by atoms with van der Waals surface area (Å²) in [4.78, 5) is 23.4. The molecule has 2 aromatic rings. The SMILES string of the molecule is O=C(NC[C@@H](Cc1ccc2ccccc2c1)C(=O)O)C1CCC1. The van der Waals surface area contributed by atoms with E-state index in [9.17, 15) is 14.7 Å². The molecule has 1 atom stereocenters. The maximum absolute atomic E-state index is 11.9. The van der Waals surface area contributed by atoms with Crippen LogP contribution in [-0.2, 0) is 16.0 Å². The van der Waals surface area contributed by atoms with Crippen LogP contribution in [0, 0.1) is 11.8 Å². The molecule has 0 aromatic heterocycles. The van der Waals surface area contributed by atoms with E-state index in [4.69, 9.17) is 0 Å². The summed E-state index contributed by atoms with van der Waals surface area (Å²) in [6.45, 7) is 0.192. The number of carboxylic acid groups (broad SMARTS) is 1. The number of hydrogen-bond donors (Lipinski definition) is 2. The maximum Gasteiger partial charge on any atom is 0.308 e. The minimum absolute atomic E-state index is 0.000937. The third-order valence-electron chi connectivity index (χ3n) is 4.64. The molecular weight excluding hydrogens is 290 g/mol. The number of benzene rings is 2. The Morgan fingerprint density at radius 1 is 1.13 bits per heavy atom. The van der Waals surface area contributed by atoms with Gasteiger partial charge in [-0.2, -0.15) is 0 Å². The van der Waals surface area contributed by atoms with Crippen molar-refractivity contribution in [2.75, 3.05) is 6.54 Å². The van der Waals surface area contributed by atoms with Gasteiger partial charge in [0.05, 0.1) is 5.92 Å². The second kappa shape index (κ2) is 6.82. The fourth-order valence-corrected chi connectivity index (χ4v) is 2.94. The number of fused-ring (bicyclic) bond motifs is 1. The summed E-state index contributed by atoms with van der Waals surface area (Å²) in [5.41, 5.74) is 0.981. The van der Waals surface area contributed by atoms with Crippen molar-refractivity contribution in [1.82, 2.24) is 5.32 Å². The second-order valence-corrected chi connectivity index (χ2v) is 6.29. The van der Waals surface area contributed by atoms with E-state index in [-0.39, 0.29) is 18.4 Å². The van der Waals surface area contributed by atoms with E-state index in [1.165, 1.54) is 0 Å². The summed E-state index contributed by atoms with van der Waals surface area (Å²) in [6, 6.07) is 14.0. The molecule has 4 heteroatoms. The molecule has 4 nitrogen and oxygen atoms in total. The van der Waals surface area contributed by atoms with Gasteiger partial charge in [-0.3, -0.25) is 9.59 Å². The summed E-state index contributed by atoms with van der Waals surface area (Å²) in [5, 5.41) is 14.5. The Labute approximate surface area is 135 Å². The van der Waals surface area contributed by atoms with Crippen LogP contribution in [0.5, 0.6) is 0 Å². The first-order valence-corrected chi connectivity index (χ1v) is 8.11. The maximum atomic E-state index is 11.9. The van der Waals surface area contributed by atoms with E-state index >= 15 is 0 Å². The molecule has 2 N–H and O–H groups in total. The zero-order valence-electron chi connectivity index (χ0n) is 13.0. The van der Waals surface area contributed by atoms with Gasteiger partial charge < -0.3 is 10.4 Å². The van der Waals surface area contributed by atoms with E-state index in [2.05, 4.69) is 5.32 Å². The molecule has 0 radical (unpaired) electrons. The molecule has 120 valence electrons. The molecule has 1 aliphatic carbocycles. The minimum atomic E-state index is -0.868. The lowest BCUT2D eigenvalue weighted by Crippen LogP contribution is -2.39. The van der Waals surface area contributed by atoms with Crippen molar-refractivity contribution in [1.29, 1.82) is 0 Å². The van der Waals surface area contributed by atoms with Crippen molar-refractivity contribution in [2.24, 2.45) is 11.8 Å². The quantitative estimate of drug-likeness (QED) is 0.862. The molecule has 3 rings (SSSR count). The highest BCUT2D eigenvalue weighted by Crippen LogP contribution is 2.26. The number of carbonyl (C=O) groups is 2. The predicted molar refractivity (Wildman–Crippen MR) is 89.1 cm³/mol. The summed E-state index contributed by atoms with van der Waals surface area (Å²) < 4.78 is 0. The van der Waals surface area contributed by atoms with Gasteiger partial charge in [0, 0.05) is 12.5 Å².